The molecule has 0 aromatic carbocycles. The summed E-state index contributed by atoms with van der Waals surface area (Å²) in [4.78, 5) is 27.5. The Balaban J connectivity index is 2.29. The maximum absolute atomic E-state index is 12.5. The van der Waals surface area contributed by atoms with E-state index in [1.807, 2.05) is 0 Å². The number of carboxylic acid groups (broad SMARTS) is 1. The molecule has 2 rings (SSSR count). The van der Waals surface area contributed by atoms with Crippen LogP contribution in [0.25, 0.3) is 0 Å². The van der Waals surface area contributed by atoms with Crippen LogP contribution in [0.3, 0.4) is 0 Å². The molecular weight excluding hydrogens is 345 g/mol. The summed E-state index contributed by atoms with van der Waals surface area (Å²) in [5.74, 6) is -1.89. The van der Waals surface area contributed by atoms with E-state index in [1.165, 1.54) is 0 Å². The Hall–Kier alpha value is -2.42. The molecule has 0 saturated heterocycles. The van der Waals surface area contributed by atoms with E-state index in [1.54, 1.807) is 13.8 Å². The third-order valence-electron chi connectivity index (χ3n) is 3.32. The Morgan fingerprint density at radius 2 is 2.00 bits per heavy atom. The number of aromatic nitrogens is 1. The Labute approximate surface area is 139 Å². The topological polar surface area (TPSA) is 79.3 Å². The molecule has 2 N–H and O–H groups in total. The van der Waals surface area contributed by atoms with Gasteiger partial charge in [0.1, 0.15) is 10.7 Å². The highest BCUT2D eigenvalue weighted by Crippen LogP contribution is 2.34. The minimum absolute atomic E-state index is 0.00761. The Kier molecular flexibility index (Phi) is 4.93. The van der Waals surface area contributed by atoms with Gasteiger partial charge in [-0.25, -0.2) is 4.79 Å². The summed E-state index contributed by atoms with van der Waals surface area (Å²) in [7, 11) is 0. The third kappa shape index (κ3) is 3.56. The van der Waals surface area contributed by atoms with Gasteiger partial charge in [-0.15, -0.1) is 11.3 Å². The molecular formula is C15H13F3N2O3S. The number of carbonyl (C=O) groups excluding carboxylic acids is 1. The number of carbonyl (C=O) groups is 2. The highest BCUT2D eigenvalue weighted by atomic mass is 32.1. The molecule has 128 valence electrons. The smallest absolute Gasteiger partial charge is 0.433 e. The van der Waals surface area contributed by atoms with Crippen molar-refractivity contribution in [2.24, 2.45) is 0 Å². The summed E-state index contributed by atoms with van der Waals surface area (Å²) in [6, 6.07) is 1.69. The molecule has 0 fully saturated rings. The minimum atomic E-state index is -4.59. The van der Waals surface area contributed by atoms with Crippen LogP contribution in [0.1, 0.15) is 43.8 Å². The lowest BCUT2D eigenvalue weighted by atomic mass is 10.1. The van der Waals surface area contributed by atoms with Crippen molar-refractivity contribution in [3.63, 3.8) is 0 Å². The van der Waals surface area contributed by atoms with Gasteiger partial charge in [0.25, 0.3) is 5.91 Å². The number of carboxylic acids is 1. The third-order valence-corrected chi connectivity index (χ3v) is 4.38. The molecule has 0 saturated carbocycles. The van der Waals surface area contributed by atoms with E-state index in [9.17, 15) is 27.9 Å². The molecule has 5 nitrogen and oxygen atoms in total. The van der Waals surface area contributed by atoms with Crippen LogP contribution in [0, 0.1) is 6.92 Å². The number of pyridine rings is 1. The first-order chi connectivity index (χ1) is 11.1. The van der Waals surface area contributed by atoms with Crippen molar-refractivity contribution in [3.8, 4) is 0 Å². The molecule has 9 heteroatoms. The molecule has 0 atom stereocenters. The zero-order chi connectivity index (χ0) is 18.1. The van der Waals surface area contributed by atoms with Crippen LogP contribution >= 0.6 is 11.3 Å². The van der Waals surface area contributed by atoms with Crippen LogP contribution in [-0.2, 0) is 12.6 Å². The molecule has 1 amide bonds. The van der Waals surface area contributed by atoms with E-state index in [-0.39, 0.29) is 16.1 Å². The second-order valence-electron chi connectivity index (χ2n) is 4.88. The van der Waals surface area contributed by atoms with Gasteiger partial charge in [0.15, 0.2) is 0 Å². The van der Waals surface area contributed by atoms with Gasteiger partial charge in [-0.2, -0.15) is 13.2 Å². The Morgan fingerprint density at radius 1 is 1.33 bits per heavy atom. The first kappa shape index (κ1) is 17.9. The SMILES string of the molecule is CCc1c(C)sc(NC(=O)c2ccc(C(F)(F)F)nc2)c1C(=O)O. The van der Waals surface area contributed by atoms with Crippen molar-refractivity contribution in [1.82, 2.24) is 4.98 Å². The number of hydrogen-bond acceptors (Lipinski definition) is 4. The lowest BCUT2D eigenvalue weighted by molar-refractivity contribution is -0.141. The van der Waals surface area contributed by atoms with Crippen molar-refractivity contribution >= 4 is 28.2 Å². The summed E-state index contributed by atoms with van der Waals surface area (Å²) in [5, 5.41) is 11.9. The average molecular weight is 358 g/mol. The number of nitrogens with zero attached hydrogens (tertiary/aromatic N) is 1. The normalized spacial score (nSPS) is 11.4. The quantitative estimate of drug-likeness (QED) is 0.866. The fraction of sp³-hybridized carbons (Fsp3) is 0.267. The molecule has 0 aliphatic rings. The first-order valence-electron chi connectivity index (χ1n) is 6.85. The largest absolute Gasteiger partial charge is 0.478 e. The molecule has 0 bridgehead atoms. The summed E-state index contributed by atoms with van der Waals surface area (Å²) in [5.41, 5.74) is -0.574. The highest BCUT2D eigenvalue weighted by Gasteiger charge is 2.32. The maximum Gasteiger partial charge on any atom is 0.433 e. The van der Waals surface area contributed by atoms with Gasteiger partial charge < -0.3 is 10.4 Å². The van der Waals surface area contributed by atoms with Gasteiger partial charge >= 0.3 is 12.1 Å². The summed E-state index contributed by atoms with van der Waals surface area (Å²) in [6.45, 7) is 3.54. The zero-order valence-corrected chi connectivity index (χ0v) is 13.5. The van der Waals surface area contributed by atoms with Crippen LogP contribution < -0.4 is 5.32 Å². The Bertz CT molecular complexity index is 782. The zero-order valence-electron chi connectivity index (χ0n) is 12.7. The second kappa shape index (κ2) is 6.60. The predicted octanol–water partition coefficient (Wildman–Crippen LogP) is 3.98. The van der Waals surface area contributed by atoms with Crippen molar-refractivity contribution in [1.29, 1.82) is 0 Å². The van der Waals surface area contributed by atoms with Gasteiger partial charge in [0.05, 0.1) is 11.1 Å². The number of halogens is 3. The number of nitrogens with one attached hydrogen (secondary N) is 1. The van der Waals surface area contributed by atoms with Gasteiger partial charge in [0.2, 0.25) is 0 Å². The lowest BCUT2D eigenvalue weighted by Gasteiger charge is -2.07. The second-order valence-corrected chi connectivity index (χ2v) is 6.11. The van der Waals surface area contributed by atoms with E-state index in [0.29, 0.717) is 18.1 Å². The molecule has 2 heterocycles. The van der Waals surface area contributed by atoms with Crippen molar-refractivity contribution < 1.29 is 27.9 Å². The number of alkyl halides is 3. The molecule has 2 aromatic heterocycles. The van der Waals surface area contributed by atoms with Gasteiger partial charge in [-0.3, -0.25) is 9.78 Å². The van der Waals surface area contributed by atoms with Crippen molar-refractivity contribution in [2.45, 2.75) is 26.4 Å². The molecule has 0 aliphatic carbocycles. The maximum atomic E-state index is 12.5. The number of anilines is 1. The van der Waals surface area contributed by atoms with E-state index < -0.39 is 23.7 Å². The van der Waals surface area contributed by atoms with Crippen molar-refractivity contribution in [2.75, 3.05) is 5.32 Å². The fourth-order valence-corrected chi connectivity index (χ4v) is 3.32. The first-order valence-corrected chi connectivity index (χ1v) is 7.67. The molecule has 0 spiro atoms. The van der Waals surface area contributed by atoms with Crippen LogP contribution in [0.2, 0.25) is 0 Å². The molecule has 24 heavy (non-hydrogen) atoms. The van der Waals surface area contributed by atoms with Crippen LogP contribution in [0.15, 0.2) is 18.3 Å². The minimum Gasteiger partial charge on any atom is -0.478 e. The van der Waals surface area contributed by atoms with E-state index in [4.69, 9.17) is 0 Å². The summed E-state index contributed by atoms with van der Waals surface area (Å²) in [6.07, 6.45) is -3.30. The predicted molar refractivity (Wildman–Crippen MR) is 82.6 cm³/mol. The Morgan fingerprint density at radius 3 is 2.46 bits per heavy atom. The van der Waals surface area contributed by atoms with Crippen LogP contribution in [-0.4, -0.2) is 22.0 Å². The summed E-state index contributed by atoms with van der Waals surface area (Å²) >= 11 is 1.11. The van der Waals surface area contributed by atoms with Gasteiger partial charge in [-0.1, -0.05) is 6.92 Å². The molecule has 0 radical (unpaired) electrons. The number of thiophene rings is 1. The number of aromatic carboxylic acids is 1. The van der Waals surface area contributed by atoms with E-state index >= 15 is 0 Å². The number of aryl methyl sites for hydroxylation is 1. The van der Waals surface area contributed by atoms with Gasteiger partial charge in [-0.05, 0) is 31.0 Å². The monoisotopic (exact) mass is 358 g/mol. The van der Waals surface area contributed by atoms with E-state index in [2.05, 4.69) is 10.3 Å². The molecule has 0 aliphatic heterocycles. The average Bonchev–Trinajstić information content (AvgIpc) is 2.81. The number of amides is 1. The van der Waals surface area contributed by atoms with Crippen LogP contribution in [0.4, 0.5) is 18.2 Å². The molecule has 2 aromatic rings. The summed E-state index contributed by atoms with van der Waals surface area (Å²) < 4.78 is 37.4. The fourth-order valence-electron chi connectivity index (χ4n) is 2.19. The lowest BCUT2D eigenvalue weighted by Crippen LogP contribution is -2.15. The van der Waals surface area contributed by atoms with E-state index in [0.717, 1.165) is 28.5 Å². The number of rotatable bonds is 4. The van der Waals surface area contributed by atoms with Gasteiger partial charge in [0, 0.05) is 11.1 Å². The van der Waals surface area contributed by atoms with Crippen molar-refractivity contribution in [3.05, 3.63) is 45.6 Å². The number of hydrogen-bond donors (Lipinski definition) is 2. The molecule has 0 unspecified atom stereocenters. The van der Waals surface area contributed by atoms with Crippen LogP contribution in [0.5, 0.6) is 0 Å². The standard InChI is InChI=1S/C15H13F3N2O3S/c1-3-9-7(2)24-13(11(9)14(22)23)20-12(21)8-4-5-10(19-6-8)15(16,17)18/h4-6H,3H2,1-2H3,(H,20,21)(H,22,23). The highest BCUT2D eigenvalue weighted by molar-refractivity contribution is 7.16.